The van der Waals surface area contributed by atoms with Gasteiger partial charge >= 0.3 is 5.97 Å². The highest BCUT2D eigenvalue weighted by Crippen LogP contribution is 2.23. The summed E-state index contributed by atoms with van der Waals surface area (Å²) < 4.78 is 42.9. The van der Waals surface area contributed by atoms with Gasteiger partial charge in [0.25, 0.3) is 0 Å². The van der Waals surface area contributed by atoms with Gasteiger partial charge in [0.1, 0.15) is 5.82 Å². The SMILES string of the molecule is O=C(O)c1cc(S(=O)(=O)CC2CCOCC2)ccc1F. The summed E-state index contributed by atoms with van der Waals surface area (Å²) in [6.07, 6.45) is 1.32. The van der Waals surface area contributed by atoms with Crippen molar-refractivity contribution in [3.63, 3.8) is 0 Å². The van der Waals surface area contributed by atoms with E-state index in [0.29, 0.717) is 26.1 Å². The molecule has 20 heavy (non-hydrogen) atoms. The van der Waals surface area contributed by atoms with E-state index in [0.717, 1.165) is 18.2 Å². The predicted octanol–water partition coefficient (Wildman–Crippen LogP) is 1.72. The molecule has 0 unspecified atom stereocenters. The average molecular weight is 302 g/mol. The third-order valence-corrected chi connectivity index (χ3v) is 5.21. The van der Waals surface area contributed by atoms with Gasteiger partial charge in [-0.25, -0.2) is 17.6 Å². The van der Waals surface area contributed by atoms with E-state index in [1.165, 1.54) is 0 Å². The first-order chi connectivity index (χ1) is 9.40. The van der Waals surface area contributed by atoms with Gasteiger partial charge in [-0.3, -0.25) is 0 Å². The van der Waals surface area contributed by atoms with E-state index in [-0.39, 0.29) is 16.6 Å². The topological polar surface area (TPSA) is 80.7 Å². The van der Waals surface area contributed by atoms with Crippen LogP contribution in [0.1, 0.15) is 23.2 Å². The van der Waals surface area contributed by atoms with Gasteiger partial charge in [-0.1, -0.05) is 0 Å². The molecule has 1 N–H and O–H groups in total. The van der Waals surface area contributed by atoms with Gasteiger partial charge in [0, 0.05) is 13.2 Å². The van der Waals surface area contributed by atoms with Gasteiger partial charge in [0.05, 0.1) is 16.2 Å². The van der Waals surface area contributed by atoms with Crippen molar-refractivity contribution in [2.45, 2.75) is 17.7 Å². The molecule has 110 valence electrons. The van der Waals surface area contributed by atoms with Gasteiger partial charge in [-0.05, 0) is 37.0 Å². The first kappa shape index (κ1) is 14.9. The molecule has 7 heteroatoms. The Morgan fingerprint density at radius 2 is 2.00 bits per heavy atom. The Bertz CT molecular complexity index is 605. The zero-order chi connectivity index (χ0) is 14.8. The third-order valence-electron chi connectivity index (χ3n) is 3.32. The molecule has 1 aliphatic heterocycles. The van der Waals surface area contributed by atoms with Crippen molar-refractivity contribution in [1.82, 2.24) is 0 Å². The van der Waals surface area contributed by atoms with Crippen LogP contribution in [-0.4, -0.2) is 38.5 Å². The van der Waals surface area contributed by atoms with E-state index in [2.05, 4.69) is 0 Å². The van der Waals surface area contributed by atoms with Crippen molar-refractivity contribution in [1.29, 1.82) is 0 Å². The number of sulfone groups is 1. The Hall–Kier alpha value is -1.47. The number of ether oxygens (including phenoxy) is 1. The summed E-state index contributed by atoms with van der Waals surface area (Å²) in [5.74, 6) is -2.50. The van der Waals surface area contributed by atoms with Crippen molar-refractivity contribution in [3.8, 4) is 0 Å². The van der Waals surface area contributed by atoms with Crippen LogP contribution in [0.5, 0.6) is 0 Å². The van der Waals surface area contributed by atoms with Gasteiger partial charge < -0.3 is 9.84 Å². The van der Waals surface area contributed by atoms with Crippen LogP contribution in [0.4, 0.5) is 4.39 Å². The second kappa shape index (κ2) is 5.88. The lowest BCUT2D eigenvalue weighted by Gasteiger charge is -2.21. The Balaban J connectivity index is 2.24. The molecule has 1 aromatic rings. The number of aromatic carboxylic acids is 1. The molecule has 5 nitrogen and oxygen atoms in total. The van der Waals surface area contributed by atoms with Gasteiger partial charge in [-0.15, -0.1) is 0 Å². The molecule has 1 fully saturated rings. The fraction of sp³-hybridized carbons (Fsp3) is 0.462. The van der Waals surface area contributed by atoms with E-state index in [1.807, 2.05) is 0 Å². The molecule has 0 spiro atoms. The van der Waals surface area contributed by atoms with Crippen LogP contribution in [0.25, 0.3) is 0 Å². The summed E-state index contributed by atoms with van der Waals surface area (Å²) in [6, 6.07) is 2.86. The van der Waals surface area contributed by atoms with Crippen LogP contribution < -0.4 is 0 Å². The van der Waals surface area contributed by atoms with Crippen molar-refractivity contribution in [3.05, 3.63) is 29.6 Å². The first-order valence-corrected chi connectivity index (χ1v) is 7.89. The number of halogens is 1. The summed E-state index contributed by atoms with van der Waals surface area (Å²) in [7, 11) is -3.62. The van der Waals surface area contributed by atoms with E-state index in [9.17, 15) is 17.6 Å². The van der Waals surface area contributed by atoms with Crippen LogP contribution in [0.2, 0.25) is 0 Å². The molecule has 0 saturated carbocycles. The van der Waals surface area contributed by atoms with Crippen molar-refractivity contribution >= 4 is 15.8 Å². The number of carbonyl (C=O) groups is 1. The first-order valence-electron chi connectivity index (χ1n) is 6.23. The maximum Gasteiger partial charge on any atom is 0.338 e. The quantitative estimate of drug-likeness (QED) is 0.857. The highest BCUT2D eigenvalue weighted by Gasteiger charge is 2.25. The lowest BCUT2D eigenvalue weighted by molar-refractivity contribution is 0.0691. The molecule has 1 aliphatic rings. The molecular weight excluding hydrogens is 287 g/mol. The van der Waals surface area contributed by atoms with Crippen LogP contribution in [-0.2, 0) is 14.6 Å². The highest BCUT2D eigenvalue weighted by atomic mass is 32.2. The van der Waals surface area contributed by atoms with Crippen LogP contribution in [0.3, 0.4) is 0 Å². The molecular formula is C13H15FO5S. The fourth-order valence-corrected chi connectivity index (χ4v) is 3.90. The molecule has 1 aromatic carbocycles. The number of hydrogen-bond acceptors (Lipinski definition) is 4. The second-order valence-electron chi connectivity index (χ2n) is 4.78. The molecule has 2 rings (SSSR count). The minimum absolute atomic E-state index is 0.00733. The number of carboxylic acids is 1. The van der Waals surface area contributed by atoms with Crippen molar-refractivity contribution in [2.75, 3.05) is 19.0 Å². The highest BCUT2D eigenvalue weighted by molar-refractivity contribution is 7.91. The normalized spacial score (nSPS) is 17.1. The third kappa shape index (κ3) is 3.34. The fourth-order valence-electron chi connectivity index (χ4n) is 2.18. The largest absolute Gasteiger partial charge is 0.478 e. The maximum atomic E-state index is 13.3. The minimum atomic E-state index is -3.62. The van der Waals surface area contributed by atoms with E-state index in [1.54, 1.807) is 0 Å². The lowest BCUT2D eigenvalue weighted by atomic mass is 10.0. The molecule has 0 amide bonds. The molecule has 1 saturated heterocycles. The zero-order valence-electron chi connectivity index (χ0n) is 10.7. The Morgan fingerprint density at radius 3 is 2.60 bits per heavy atom. The standard InChI is InChI=1S/C13H15FO5S/c14-12-2-1-10(7-11(12)13(15)16)20(17,18)8-9-3-5-19-6-4-9/h1-2,7,9H,3-6,8H2,(H,15,16). The molecule has 1 heterocycles. The van der Waals surface area contributed by atoms with E-state index >= 15 is 0 Å². The minimum Gasteiger partial charge on any atom is -0.478 e. The molecule has 0 atom stereocenters. The Labute approximate surface area is 116 Å². The number of rotatable bonds is 4. The van der Waals surface area contributed by atoms with Crippen molar-refractivity contribution < 1.29 is 27.4 Å². The molecule has 0 aliphatic carbocycles. The van der Waals surface area contributed by atoms with Crippen LogP contribution in [0, 0.1) is 11.7 Å². The van der Waals surface area contributed by atoms with Gasteiger partial charge in [0.2, 0.25) is 0 Å². The summed E-state index contributed by atoms with van der Waals surface area (Å²) in [6.45, 7) is 1.06. The smallest absolute Gasteiger partial charge is 0.338 e. The second-order valence-corrected chi connectivity index (χ2v) is 6.82. The Kier molecular flexibility index (Phi) is 4.39. The van der Waals surface area contributed by atoms with Crippen molar-refractivity contribution in [2.24, 2.45) is 5.92 Å². The van der Waals surface area contributed by atoms with E-state index < -0.39 is 27.2 Å². The van der Waals surface area contributed by atoms with Gasteiger partial charge in [-0.2, -0.15) is 0 Å². The lowest BCUT2D eigenvalue weighted by Crippen LogP contribution is -2.23. The average Bonchev–Trinajstić information content (AvgIpc) is 2.39. The molecule has 0 aromatic heterocycles. The summed E-state index contributed by atoms with van der Waals surface area (Å²) in [5, 5.41) is 8.83. The predicted molar refractivity (Wildman–Crippen MR) is 69.0 cm³/mol. The number of hydrogen-bond donors (Lipinski definition) is 1. The Morgan fingerprint density at radius 1 is 1.35 bits per heavy atom. The summed E-state index contributed by atoms with van der Waals surface area (Å²) >= 11 is 0. The molecule has 0 radical (unpaired) electrons. The maximum absolute atomic E-state index is 13.3. The number of benzene rings is 1. The monoisotopic (exact) mass is 302 g/mol. The molecule has 0 bridgehead atoms. The van der Waals surface area contributed by atoms with Gasteiger partial charge in [0.15, 0.2) is 9.84 Å². The summed E-state index contributed by atoms with van der Waals surface area (Å²) in [5.41, 5.74) is -0.627. The van der Waals surface area contributed by atoms with Crippen LogP contribution >= 0.6 is 0 Å². The van der Waals surface area contributed by atoms with E-state index in [4.69, 9.17) is 9.84 Å². The zero-order valence-corrected chi connectivity index (χ0v) is 11.5. The van der Waals surface area contributed by atoms with Crippen LogP contribution in [0.15, 0.2) is 23.1 Å². The number of carboxylic acid groups (broad SMARTS) is 1. The summed E-state index contributed by atoms with van der Waals surface area (Å²) in [4.78, 5) is 10.7.